The van der Waals surface area contributed by atoms with Crippen molar-refractivity contribution in [2.45, 2.75) is 52.0 Å². The maximum atomic E-state index is 11.8. The molecule has 0 aliphatic carbocycles. The molecule has 0 bridgehead atoms. The first-order valence-corrected chi connectivity index (χ1v) is 8.08. The van der Waals surface area contributed by atoms with Crippen molar-refractivity contribution >= 4 is 17.9 Å². The van der Waals surface area contributed by atoms with E-state index in [1.54, 1.807) is 11.8 Å². The van der Waals surface area contributed by atoms with E-state index in [9.17, 15) is 14.4 Å². The minimum Gasteiger partial charge on any atom is -0.450 e. The normalized spacial score (nSPS) is 15.3. The van der Waals surface area contributed by atoms with E-state index in [4.69, 9.17) is 4.74 Å². The van der Waals surface area contributed by atoms with Gasteiger partial charge in [-0.05, 0) is 26.2 Å². The number of amides is 3. The number of carbonyl (C=O) groups excluding carboxylic acids is 3. The van der Waals surface area contributed by atoms with E-state index in [1.165, 1.54) is 0 Å². The highest BCUT2D eigenvalue weighted by Crippen LogP contribution is 2.11. The highest BCUT2D eigenvalue weighted by Gasteiger charge is 2.26. The Morgan fingerprint density at radius 3 is 2.36 bits per heavy atom. The van der Waals surface area contributed by atoms with Crippen molar-refractivity contribution in [1.29, 1.82) is 0 Å². The van der Waals surface area contributed by atoms with Gasteiger partial charge in [0.1, 0.15) is 0 Å². The van der Waals surface area contributed by atoms with Gasteiger partial charge in [-0.3, -0.25) is 9.59 Å². The standard InChI is InChI=1S/C15H27N3O4/c1-3-5-6-9-16-13(19)14(20)17-12-7-10-18(11-8-12)15(21)22-4-2/h12H,3-11H2,1-2H3,(H,16,19)(H,17,20). The van der Waals surface area contributed by atoms with Crippen molar-refractivity contribution < 1.29 is 19.1 Å². The first-order chi connectivity index (χ1) is 10.6. The molecular weight excluding hydrogens is 286 g/mol. The number of rotatable bonds is 6. The molecule has 0 spiro atoms. The first-order valence-electron chi connectivity index (χ1n) is 8.08. The fourth-order valence-electron chi connectivity index (χ4n) is 2.33. The fraction of sp³-hybridized carbons (Fsp3) is 0.800. The van der Waals surface area contributed by atoms with Gasteiger partial charge in [-0.25, -0.2) is 4.79 Å². The SMILES string of the molecule is CCCCCNC(=O)C(=O)NC1CCN(C(=O)OCC)CC1. The highest BCUT2D eigenvalue weighted by atomic mass is 16.6. The van der Waals surface area contributed by atoms with Crippen LogP contribution in [0.15, 0.2) is 0 Å². The predicted octanol–water partition coefficient (Wildman–Crippen LogP) is 1.03. The molecule has 7 nitrogen and oxygen atoms in total. The van der Waals surface area contributed by atoms with E-state index in [1.807, 2.05) is 0 Å². The van der Waals surface area contributed by atoms with Gasteiger partial charge in [0.15, 0.2) is 0 Å². The van der Waals surface area contributed by atoms with Crippen LogP contribution in [0, 0.1) is 0 Å². The molecule has 7 heteroatoms. The summed E-state index contributed by atoms with van der Waals surface area (Å²) in [7, 11) is 0. The molecule has 3 amide bonds. The minimum absolute atomic E-state index is 0.0698. The number of nitrogens with zero attached hydrogens (tertiary/aromatic N) is 1. The van der Waals surface area contributed by atoms with Crippen molar-refractivity contribution in [1.82, 2.24) is 15.5 Å². The zero-order valence-corrected chi connectivity index (χ0v) is 13.5. The Balaban J connectivity index is 2.23. The summed E-state index contributed by atoms with van der Waals surface area (Å²) in [6.45, 7) is 5.79. The number of piperidine rings is 1. The van der Waals surface area contributed by atoms with Crippen molar-refractivity contribution in [3.05, 3.63) is 0 Å². The Morgan fingerprint density at radius 1 is 1.09 bits per heavy atom. The molecule has 1 rings (SSSR count). The monoisotopic (exact) mass is 313 g/mol. The molecule has 0 radical (unpaired) electrons. The summed E-state index contributed by atoms with van der Waals surface area (Å²) in [5, 5.41) is 5.34. The van der Waals surface area contributed by atoms with Crippen molar-refractivity contribution in [2.24, 2.45) is 0 Å². The van der Waals surface area contributed by atoms with Gasteiger partial charge >= 0.3 is 17.9 Å². The van der Waals surface area contributed by atoms with Crippen LogP contribution in [-0.4, -0.2) is 55.1 Å². The molecule has 2 N–H and O–H groups in total. The van der Waals surface area contributed by atoms with Crippen LogP contribution in [0.25, 0.3) is 0 Å². The quantitative estimate of drug-likeness (QED) is 0.566. The molecule has 0 unspecified atom stereocenters. The number of likely N-dealkylation sites (tertiary alicyclic amines) is 1. The van der Waals surface area contributed by atoms with Gasteiger partial charge in [0.25, 0.3) is 0 Å². The molecule has 126 valence electrons. The Hall–Kier alpha value is -1.79. The van der Waals surface area contributed by atoms with Gasteiger partial charge in [-0.2, -0.15) is 0 Å². The molecule has 0 aromatic rings. The smallest absolute Gasteiger partial charge is 0.409 e. The summed E-state index contributed by atoms with van der Waals surface area (Å²) in [6.07, 6.45) is 3.94. The topological polar surface area (TPSA) is 87.7 Å². The van der Waals surface area contributed by atoms with Gasteiger partial charge in [-0.15, -0.1) is 0 Å². The van der Waals surface area contributed by atoms with Crippen LogP contribution in [-0.2, 0) is 14.3 Å². The maximum Gasteiger partial charge on any atom is 0.409 e. The van der Waals surface area contributed by atoms with Crippen LogP contribution in [0.2, 0.25) is 0 Å². The lowest BCUT2D eigenvalue weighted by molar-refractivity contribution is -0.139. The number of ether oxygens (including phenoxy) is 1. The number of carbonyl (C=O) groups is 3. The average molecular weight is 313 g/mol. The molecular formula is C15H27N3O4. The third-order valence-electron chi connectivity index (χ3n) is 3.63. The second kappa shape index (κ2) is 10.0. The van der Waals surface area contributed by atoms with Crippen molar-refractivity contribution in [2.75, 3.05) is 26.2 Å². The van der Waals surface area contributed by atoms with Gasteiger partial charge < -0.3 is 20.3 Å². The molecule has 1 heterocycles. The summed E-state index contributed by atoms with van der Waals surface area (Å²) in [5.41, 5.74) is 0. The van der Waals surface area contributed by atoms with Crippen LogP contribution in [0.4, 0.5) is 4.79 Å². The van der Waals surface area contributed by atoms with Crippen LogP contribution in [0.3, 0.4) is 0 Å². The van der Waals surface area contributed by atoms with E-state index >= 15 is 0 Å². The largest absolute Gasteiger partial charge is 0.450 e. The Morgan fingerprint density at radius 2 is 1.77 bits per heavy atom. The van der Waals surface area contributed by atoms with E-state index in [0.29, 0.717) is 39.1 Å². The summed E-state index contributed by atoms with van der Waals surface area (Å²) < 4.78 is 4.94. The van der Waals surface area contributed by atoms with Crippen molar-refractivity contribution in [3.63, 3.8) is 0 Å². The highest BCUT2D eigenvalue weighted by molar-refractivity contribution is 6.35. The Bertz CT molecular complexity index is 379. The molecule has 1 aliphatic heterocycles. The fourth-order valence-corrected chi connectivity index (χ4v) is 2.33. The molecule has 0 atom stereocenters. The summed E-state index contributed by atoms with van der Waals surface area (Å²) >= 11 is 0. The second-order valence-electron chi connectivity index (χ2n) is 5.40. The predicted molar refractivity (Wildman–Crippen MR) is 82.3 cm³/mol. The minimum atomic E-state index is -0.592. The summed E-state index contributed by atoms with van der Waals surface area (Å²) in [5.74, 6) is -1.17. The van der Waals surface area contributed by atoms with Gasteiger partial charge in [0, 0.05) is 25.7 Å². The third-order valence-corrected chi connectivity index (χ3v) is 3.63. The Kier molecular flexibility index (Phi) is 8.32. The van der Waals surface area contributed by atoms with Gasteiger partial charge in [-0.1, -0.05) is 19.8 Å². The molecule has 1 fully saturated rings. The summed E-state index contributed by atoms with van der Waals surface area (Å²) in [6, 6.07) is -0.0698. The lowest BCUT2D eigenvalue weighted by Gasteiger charge is -2.31. The number of hydrogen-bond donors (Lipinski definition) is 2. The van der Waals surface area contributed by atoms with E-state index in [-0.39, 0.29) is 12.1 Å². The van der Waals surface area contributed by atoms with E-state index < -0.39 is 11.8 Å². The average Bonchev–Trinajstić information content (AvgIpc) is 2.52. The molecule has 0 saturated carbocycles. The zero-order chi connectivity index (χ0) is 16.4. The molecule has 1 saturated heterocycles. The summed E-state index contributed by atoms with van der Waals surface area (Å²) in [4.78, 5) is 36.6. The van der Waals surface area contributed by atoms with E-state index in [2.05, 4.69) is 17.6 Å². The molecule has 0 aromatic carbocycles. The number of nitrogens with one attached hydrogen (secondary N) is 2. The lowest BCUT2D eigenvalue weighted by Crippen LogP contribution is -2.50. The third kappa shape index (κ3) is 6.32. The lowest BCUT2D eigenvalue weighted by atomic mass is 10.1. The molecule has 22 heavy (non-hydrogen) atoms. The van der Waals surface area contributed by atoms with Crippen LogP contribution in [0.1, 0.15) is 46.0 Å². The maximum absolute atomic E-state index is 11.8. The molecule has 0 aromatic heterocycles. The number of hydrogen-bond acceptors (Lipinski definition) is 4. The Labute approximate surface area is 131 Å². The van der Waals surface area contributed by atoms with Crippen LogP contribution < -0.4 is 10.6 Å². The first kappa shape index (κ1) is 18.3. The molecule has 1 aliphatic rings. The van der Waals surface area contributed by atoms with E-state index in [0.717, 1.165) is 19.3 Å². The van der Waals surface area contributed by atoms with Crippen LogP contribution >= 0.6 is 0 Å². The number of unbranched alkanes of at least 4 members (excludes halogenated alkanes) is 2. The van der Waals surface area contributed by atoms with Crippen molar-refractivity contribution in [3.8, 4) is 0 Å². The van der Waals surface area contributed by atoms with Gasteiger partial charge in [0.2, 0.25) is 0 Å². The van der Waals surface area contributed by atoms with Crippen LogP contribution in [0.5, 0.6) is 0 Å². The zero-order valence-electron chi connectivity index (χ0n) is 13.5. The van der Waals surface area contributed by atoms with Gasteiger partial charge in [0.05, 0.1) is 6.61 Å². The second-order valence-corrected chi connectivity index (χ2v) is 5.40.